The van der Waals surface area contributed by atoms with Gasteiger partial charge >= 0.3 is 0 Å². The van der Waals surface area contributed by atoms with Crippen molar-refractivity contribution < 1.29 is 13.2 Å². The molecule has 3 N–H and O–H groups in total. The summed E-state index contributed by atoms with van der Waals surface area (Å²) in [5, 5.41) is 6.53. The number of nitrogen functional groups attached to an aromatic ring is 1. The van der Waals surface area contributed by atoms with Gasteiger partial charge in [0.05, 0.1) is 17.1 Å². The van der Waals surface area contributed by atoms with Crippen LogP contribution in [0.2, 0.25) is 0 Å². The summed E-state index contributed by atoms with van der Waals surface area (Å²) >= 11 is 0. The smallest absolute Gasteiger partial charge is 0.182 e. The molecule has 1 heterocycles. The number of nitrogens with one attached hydrogen (secondary N) is 1. The number of anilines is 3. The molecule has 0 saturated carbocycles. The zero-order chi connectivity index (χ0) is 13.4. The highest BCUT2D eigenvalue weighted by Gasteiger charge is 2.15. The fourth-order valence-electron chi connectivity index (χ4n) is 1.60. The predicted molar refractivity (Wildman–Crippen MR) is 62.0 cm³/mol. The Labute approximate surface area is 101 Å². The summed E-state index contributed by atoms with van der Waals surface area (Å²) in [5.74, 6) is -3.05. The molecule has 1 aromatic carbocycles. The van der Waals surface area contributed by atoms with Crippen LogP contribution in [0.1, 0.15) is 5.69 Å². The van der Waals surface area contributed by atoms with Crippen LogP contribution in [0.4, 0.5) is 30.4 Å². The molecule has 0 fully saturated rings. The zero-order valence-electron chi connectivity index (χ0n) is 9.76. The summed E-state index contributed by atoms with van der Waals surface area (Å²) in [5.41, 5.74) is 6.22. The molecule has 0 aliphatic carbocycles. The Morgan fingerprint density at radius 3 is 2.50 bits per heavy atom. The maximum atomic E-state index is 13.5. The summed E-state index contributed by atoms with van der Waals surface area (Å²) < 4.78 is 40.9. The predicted octanol–water partition coefficient (Wildman–Crippen LogP) is 2.47. The Morgan fingerprint density at radius 1 is 1.28 bits per heavy atom. The van der Waals surface area contributed by atoms with Crippen LogP contribution >= 0.6 is 0 Å². The van der Waals surface area contributed by atoms with Crippen molar-refractivity contribution in [2.75, 3.05) is 11.1 Å². The van der Waals surface area contributed by atoms with Gasteiger partial charge in [-0.1, -0.05) is 0 Å². The van der Waals surface area contributed by atoms with Gasteiger partial charge < -0.3 is 11.1 Å². The van der Waals surface area contributed by atoms with Crippen LogP contribution in [-0.4, -0.2) is 9.78 Å². The number of aromatic nitrogens is 2. The lowest BCUT2D eigenvalue weighted by Gasteiger charge is -2.09. The molecule has 18 heavy (non-hydrogen) atoms. The van der Waals surface area contributed by atoms with Crippen molar-refractivity contribution >= 4 is 17.2 Å². The van der Waals surface area contributed by atoms with E-state index in [1.165, 1.54) is 4.68 Å². The largest absolute Gasteiger partial charge is 0.394 e. The van der Waals surface area contributed by atoms with E-state index in [0.717, 1.165) is 6.07 Å². The van der Waals surface area contributed by atoms with Crippen LogP contribution in [0.15, 0.2) is 12.1 Å². The van der Waals surface area contributed by atoms with Crippen LogP contribution < -0.4 is 11.1 Å². The molecule has 0 unspecified atom stereocenters. The van der Waals surface area contributed by atoms with Gasteiger partial charge in [0.25, 0.3) is 0 Å². The SMILES string of the molecule is Cc1nn(C)c(Nc2cc(F)cc(F)c2F)c1N. The fraction of sp³-hybridized carbons (Fsp3) is 0.182. The first kappa shape index (κ1) is 12.3. The van der Waals surface area contributed by atoms with Crippen LogP contribution in [0.5, 0.6) is 0 Å². The van der Waals surface area contributed by atoms with Gasteiger partial charge in [0, 0.05) is 19.2 Å². The van der Waals surface area contributed by atoms with Gasteiger partial charge in [-0.15, -0.1) is 0 Å². The van der Waals surface area contributed by atoms with Gasteiger partial charge in [-0.25, -0.2) is 13.2 Å². The Hall–Kier alpha value is -2.18. The van der Waals surface area contributed by atoms with Gasteiger partial charge in [-0.2, -0.15) is 5.10 Å². The summed E-state index contributed by atoms with van der Waals surface area (Å²) in [6, 6.07) is 1.32. The van der Waals surface area contributed by atoms with E-state index in [1.54, 1.807) is 14.0 Å². The minimum atomic E-state index is -1.27. The Kier molecular flexibility index (Phi) is 2.90. The van der Waals surface area contributed by atoms with Crippen molar-refractivity contribution in [3.8, 4) is 0 Å². The van der Waals surface area contributed by atoms with Crippen LogP contribution in [0.3, 0.4) is 0 Å². The van der Waals surface area contributed by atoms with Gasteiger partial charge in [0.1, 0.15) is 5.82 Å². The first-order valence-corrected chi connectivity index (χ1v) is 5.10. The molecule has 2 aromatic rings. The van der Waals surface area contributed by atoms with Crippen molar-refractivity contribution in [3.63, 3.8) is 0 Å². The summed E-state index contributed by atoms with van der Waals surface area (Å²) in [4.78, 5) is 0. The quantitative estimate of drug-likeness (QED) is 0.811. The lowest BCUT2D eigenvalue weighted by molar-refractivity contribution is 0.498. The summed E-state index contributed by atoms with van der Waals surface area (Å²) in [6.45, 7) is 1.67. The molecule has 0 saturated heterocycles. The van der Waals surface area contributed by atoms with E-state index in [4.69, 9.17) is 5.73 Å². The first-order chi connectivity index (χ1) is 8.40. The third-order valence-corrected chi connectivity index (χ3v) is 2.51. The average molecular weight is 256 g/mol. The molecule has 0 spiro atoms. The fourth-order valence-corrected chi connectivity index (χ4v) is 1.60. The number of hydrogen-bond donors (Lipinski definition) is 2. The van der Waals surface area contributed by atoms with E-state index in [9.17, 15) is 13.2 Å². The molecule has 4 nitrogen and oxygen atoms in total. The average Bonchev–Trinajstić information content (AvgIpc) is 2.52. The van der Waals surface area contributed by atoms with Crippen molar-refractivity contribution in [1.29, 1.82) is 0 Å². The second kappa shape index (κ2) is 4.25. The molecular formula is C11H11F3N4. The summed E-state index contributed by atoms with van der Waals surface area (Å²) in [6.07, 6.45) is 0. The van der Waals surface area contributed by atoms with E-state index in [2.05, 4.69) is 10.4 Å². The highest BCUT2D eigenvalue weighted by Crippen LogP contribution is 2.28. The number of rotatable bonds is 2. The zero-order valence-corrected chi connectivity index (χ0v) is 9.76. The van der Waals surface area contributed by atoms with E-state index < -0.39 is 17.5 Å². The highest BCUT2D eigenvalue weighted by atomic mass is 19.2. The van der Waals surface area contributed by atoms with Gasteiger partial charge in [0.2, 0.25) is 0 Å². The minimum absolute atomic E-state index is 0.274. The molecule has 0 aliphatic rings. The topological polar surface area (TPSA) is 55.9 Å². The third-order valence-electron chi connectivity index (χ3n) is 2.51. The van der Waals surface area contributed by atoms with Crippen LogP contribution in [0, 0.1) is 24.4 Å². The number of hydrogen-bond acceptors (Lipinski definition) is 3. The number of aryl methyl sites for hydroxylation is 2. The molecule has 1 aromatic heterocycles. The van der Waals surface area contributed by atoms with Gasteiger partial charge in [-0.05, 0) is 6.92 Å². The molecule has 0 amide bonds. The number of nitrogens with two attached hydrogens (primary N) is 1. The molecule has 0 radical (unpaired) electrons. The number of nitrogens with zero attached hydrogens (tertiary/aromatic N) is 2. The first-order valence-electron chi connectivity index (χ1n) is 5.10. The monoisotopic (exact) mass is 256 g/mol. The molecule has 7 heteroatoms. The van der Waals surface area contributed by atoms with Crippen molar-refractivity contribution in [2.24, 2.45) is 7.05 Å². The van der Waals surface area contributed by atoms with E-state index >= 15 is 0 Å². The van der Waals surface area contributed by atoms with Crippen LogP contribution in [-0.2, 0) is 7.05 Å². The minimum Gasteiger partial charge on any atom is -0.394 e. The Bertz CT molecular complexity index is 607. The molecule has 0 aliphatic heterocycles. The van der Waals surface area contributed by atoms with Crippen LogP contribution in [0.25, 0.3) is 0 Å². The lowest BCUT2D eigenvalue weighted by atomic mass is 10.2. The summed E-state index contributed by atoms with van der Waals surface area (Å²) in [7, 11) is 1.58. The van der Waals surface area contributed by atoms with E-state index in [-0.39, 0.29) is 11.5 Å². The maximum Gasteiger partial charge on any atom is 0.182 e. The van der Waals surface area contributed by atoms with Crippen molar-refractivity contribution in [2.45, 2.75) is 6.92 Å². The third kappa shape index (κ3) is 1.99. The van der Waals surface area contributed by atoms with Crippen molar-refractivity contribution in [3.05, 3.63) is 35.3 Å². The molecule has 0 bridgehead atoms. The maximum absolute atomic E-state index is 13.5. The molecule has 0 atom stereocenters. The second-order valence-corrected chi connectivity index (χ2v) is 3.85. The Morgan fingerprint density at radius 2 is 1.94 bits per heavy atom. The lowest BCUT2D eigenvalue weighted by Crippen LogP contribution is -2.04. The van der Waals surface area contributed by atoms with E-state index in [0.29, 0.717) is 17.4 Å². The second-order valence-electron chi connectivity index (χ2n) is 3.85. The molecule has 96 valence electrons. The van der Waals surface area contributed by atoms with Gasteiger partial charge in [0.15, 0.2) is 17.5 Å². The van der Waals surface area contributed by atoms with Gasteiger partial charge in [-0.3, -0.25) is 4.68 Å². The molecule has 2 rings (SSSR count). The van der Waals surface area contributed by atoms with E-state index in [1.807, 2.05) is 0 Å². The molecular weight excluding hydrogens is 245 g/mol. The Balaban J connectivity index is 2.46. The normalized spacial score (nSPS) is 10.7. The standard InChI is InChI=1S/C11H11F3N4/c1-5-10(15)11(18(2)17-5)16-8-4-6(12)3-7(13)9(8)14/h3-4,16H,15H2,1-2H3. The highest BCUT2D eigenvalue weighted by molar-refractivity contribution is 5.71. The number of halogens is 3. The number of benzene rings is 1. The van der Waals surface area contributed by atoms with Crippen molar-refractivity contribution in [1.82, 2.24) is 9.78 Å².